The zero-order chi connectivity index (χ0) is 20.0. The van der Waals surface area contributed by atoms with Crippen molar-refractivity contribution < 1.29 is 14.6 Å². The third-order valence-corrected chi connectivity index (χ3v) is 5.50. The lowest BCUT2D eigenvalue weighted by Crippen LogP contribution is -2.21. The van der Waals surface area contributed by atoms with Crippen molar-refractivity contribution in [2.75, 3.05) is 0 Å². The second kappa shape index (κ2) is 14.6. The van der Waals surface area contributed by atoms with Gasteiger partial charge in [-0.2, -0.15) is 0 Å². The zero-order valence-corrected chi connectivity index (χ0v) is 18.5. The number of rotatable bonds is 16. The van der Waals surface area contributed by atoms with E-state index in [2.05, 4.69) is 6.92 Å². The highest BCUT2D eigenvalue weighted by Gasteiger charge is 2.39. The number of unbranched alkanes of at least 4 members (excludes halogenated alkanes) is 11. The van der Waals surface area contributed by atoms with E-state index >= 15 is 0 Å². The van der Waals surface area contributed by atoms with Crippen molar-refractivity contribution in [1.82, 2.24) is 0 Å². The second-order valence-corrected chi connectivity index (χ2v) is 8.68. The molecule has 0 spiro atoms. The van der Waals surface area contributed by atoms with Crippen LogP contribution in [0.3, 0.4) is 0 Å². The smallest absolute Gasteiger partial charge is 0.164 e. The second-order valence-electron chi connectivity index (χ2n) is 8.68. The molecule has 0 amide bonds. The summed E-state index contributed by atoms with van der Waals surface area (Å²) in [6.45, 7) is 8.22. The number of hydrogen-bond acceptors (Lipinski definition) is 3. The minimum Gasteiger partial charge on any atom is -0.389 e. The first-order chi connectivity index (χ1) is 13.0. The summed E-state index contributed by atoms with van der Waals surface area (Å²) in [6, 6.07) is 0. The molecule has 1 heterocycles. The summed E-state index contributed by atoms with van der Waals surface area (Å²) < 4.78 is 12.1. The van der Waals surface area contributed by atoms with Crippen molar-refractivity contribution in [3.8, 4) is 0 Å². The van der Waals surface area contributed by atoms with Crippen LogP contribution in [0.25, 0.3) is 0 Å². The molecular weight excluding hydrogens is 336 g/mol. The number of aliphatic hydroxyl groups excluding tert-OH is 1. The SMILES string of the molecule is CCCCCCCCCCCCCC[C@@H]1OC(C)(C)O[C@H]1/C=C/[C@@H](O)CC. The molecule has 1 aliphatic rings. The van der Waals surface area contributed by atoms with Crippen LogP contribution in [-0.4, -0.2) is 29.2 Å². The maximum absolute atomic E-state index is 9.74. The van der Waals surface area contributed by atoms with Gasteiger partial charge in [-0.25, -0.2) is 0 Å². The normalized spacial score (nSPS) is 23.3. The van der Waals surface area contributed by atoms with E-state index in [1.807, 2.05) is 32.9 Å². The summed E-state index contributed by atoms with van der Waals surface area (Å²) in [4.78, 5) is 0. The molecule has 3 atom stereocenters. The minimum absolute atomic E-state index is 0.0334. The molecule has 0 saturated carbocycles. The van der Waals surface area contributed by atoms with Gasteiger partial charge in [-0.3, -0.25) is 0 Å². The van der Waals surface area contributed by atoms with Gasteiger partial charge >= 0.3 is 0 Å². The fourth-order valence-electron chi connectivity index (χ4n) is 3.81. The van der Waals surface area contributed by atoms with E-state index in [1.54, 1.807) is 0 Å². The van der Waals surface area contributed by atoms with E-state index in [1.165, 1.54) is 77.0 Å². The molecule has 160 valence electrons. The zero-order valence-electron chi connectivity index (χ0n) is 18.5. The van der Waals surface area contributed by atoms with Gasteiger partial charge in [-0.05, 0) is 26.7 Å². The van der Waals surface area contributed by atoms with E-state index in [0.29, 0.717) is 0 Å². The van der Waals surface area contributed by atoms with Crippen molar-refractivity contribution in [3.63, 3.8) is 0 Å². The Balaban J connectivity index is 2.07. The van der Waals surface area contributed by atoms with Crippen LogP contribution in [-0.2, 0) is 9.47 Å². The maximum atomic E-state index is 9.74. The van der Waals surface area contributed by atoms with Crippen LogP contribution >= 0.6 is 0 Å². The van der Waals surface area contributed by atoms with Gasteiger partial charge in [0.25, 0.3) is 0 Å². The van der Waals surface area contributed by atoms with Gasteiger partial charge in [0.05, 0.1) is 12.2 Å². The van der Waals surface area contributed by atoms with Crippen LogP contribution in [0.4, 0.5) is 0 Å². The topological polar surface area (TPSA) is 38.7 Å². The van der Waals surface area contributed by atoms with E-state index in [-0.39, 0.29) is 18.3 Å². The fourth-order valence-corrected chi connectivity index (χ4v) is 3.81. The number of ether oxygens (including phenoxy) is 2. The molecule has 1 saturated heterocycles. The standard InChI is InChI=1S/C24H46O3/c1-5-7-8-9-10-11-12-13-14-15-16-17-18-22-23(20-19-21(25)6-2)27-24(3,4)26-22/h19-23,25H,5-18H2,1-4H3/b20-19+/t21-,22-,23-/m0/s1. The fraction of sp³-hybridized carbons (Fsp3) is 0.917. The highest BCUT2D eigenvalue weighted by molar-refractivity contribution is 5.00. The Hall–Kier alpha value is -0.380. The molecule has 1 rings (SSSR count). The van der Waals surface area contributed by atoms with Gasteiger partial charge in [0.2, 0.25) is 0 Å². The first-order valence-electron chi connectivity index (χ1n) is 11.7. The molecule has 0 aliphatic carbocycles. The van der Waals surface area contributed by atoms with Gasteiger partial charge in [0.1, 0.15) is 6.10 Å². The van der Waals surface area contributed by atoms with Crippen LogP contribution in [0, 0.1) is 0 Å². The van der Waals surface area contributed by atoms with Gasteiger partial charge in [0, 0.05) is 0 Å². The Labute approximate surface area is 168 Å². The average molecular weight is 383 g/mol. The van der Waals surface area contributed by atoms with Crippen molar-refractivity contribution in [3.05, 3.63) is 12.2 Å². The van der Waals surface area contributed by atoms with Crippen LogP contribution < -0.4 is 0 Å². The molecular formula is C24H46O3. The summed E-state index contributed by atoms with van der Waals surface area (Å²) in [6.07, 6.45) is 21.7. The van der Waals surface area contributed by atoms with E-state index < -0.39 is 5.79 Å². The summed E-state index contributed by atoms with van der Waals surface area (Å²) in [5, 5.41) is 9.74. The highest BCUT2D eigenvalue weighted by Crippen LogP contribution is 2.32. The Kier molecular flexibility index (Phi) is 13.3. The Bertz CT molecular complexity index is 378. The van der Waals surface area contributed by atoms with Crippen molar-refractivity contribution in [2.24, 2.45) is 0 Å². The number of aliphatic hydroxyl groups is 1. The minimum atomic E-state index is -0.520. The summed E-state index contributed by atoms with van der Waals surface area (Å²) in [7, 11) is 0. The monoisotopic (exact) mass is 382 g/mol. The Morgan fingerprint density at radius 3 is 1.85 bits per heavy atom. The molecule has 0 unspecified atom stereocenters. The first kappa shape index (κ1) is 24.7. The maximum Gasteiger partial charge on any atom is 0.164 e. The van der Waals surface area contributed by atoms with E-state index in [4.69, 9.17) is 9.47 Å². The average Bonchev–Trinajstić information content (AvgIpc) is 2.94. The molecule has 0 radical (unpaired) electrons. The quantitative estimate of drug-likeness (QED) is 0.232. The lowest BCUT2D eigenvalue weighted by atomic mass is 10.0. The van der Waals surface area contributed by atoms with Gasteiger partial charge in [0.15, 0.2) is 5.79 Å². The first-order valence-corrected chi connectivity index (χ1v) is 11.7. The lowest BCUT2D eigenvalue weighted by Gasteiger charge is -2.16. The van der Waals surface area contributed by atoms with Crippen LogP contribution in [0.1, 0.15) is 118 Å². The molecule has 3 nitrogen and oxygen atoms in total. The lowest BCUT2D eigenvalue weighted by molar-refractivity contribution is -0.143. The highest BCUT2D eigenvalue weighted by atomic mass is 16.7. The molecule has 0 aromatic heterocycles. The molecule has 27 heavy (non-hydrogen) atoms. The molecule has 0 aromatic rings. The summed E-state index contributed by atoms with van der Waals surface area (Å²) in [5.41, 5.74) is 0. The third-order valence-electron chi connectivity index (χ3n) is 5.50. The van der Waals surface area contributed by atoms with Crippen LogP contribution in [0.5, 0.6) is 0 Å². The van der Waals surface area contributed by atoms with Crippen LogP contribution in [0.2, 0.25) is 0 Å². The van der Waals surface area contributed by atoms with Crippen molar-refractivity contribution in [2.45, 2.75) is 142 Å². The predicted molar refractivity (Wildman–Crippen MR) is 115 cm³/mol. The molecule has 1 fully saturated rings. The van der Waals surface area contributed by atoms with E-state index in [0.717, 1.165) is 12.8 Å². The molecule has 0 bridgehead atoms. The summed E-state index contributed by atoms with van der Waals surface area (Å²) in [5.74, 6) is -0.520. The third kappa shape index (κ3) is 11.9. The van der Waals surface area contributed by atoms with Gasteiger partial charge in [-0.15, -0.1) is 0 Å². The van der Waals surface area contributed by atoms with Gasteiger partial charge < -0.3 is 14.6 Å². The summed E-state index contributed by atoms with van der Waals surface area (Å²) >= 11 is 0. The van der Waals surface area contributed by atoms with Crippen LogP contribution in [0.15, 0.2) is 12.2 Å². The molecule has 1 N–H and O–H groups in total. The van der Waals surface area contributed by atoms with Crippen molar-refractivity contribution in [1.29, 1.82) is 0 Å². The van der Waals surface area contributed by atoms with Crippen molar-refractivity contribution >= 4 is 0 Å². The van der Waals surface area contributed by atoms with E-state index in [9.17, 15) is 5.11 Å². The largest absolute Gasteiger partial charge is 0.389 e. The Morgan fingerprint density at radius 2 is 1.33 bits per heavy atom. The molecule has 3 heteroatoms. The Morgan fingerprint density at radius 1 is 0.815 bits per heavy atom. The number of hydrogen-bond donors (Lipinski definition) is 1. The molecule has 0 aromatic carbocycles. The molecule has 1 aliphatic heterocycles. The predicted octanol–water partition coefficient (Wildman–Crippen LogP) is 6.92. The van der Waals surface area contributed by atoms with Gasteiger partial charge in [-0.1, -0.05) is 103 Å².